The minimum atomic E-state index is -0.197. The van der Waals surface area contributed by atoms with E-state index in [1.165, 1.54) is 43.4 Å². The maximum absolute atomic E-state index is 13.7. The summed E-state index contributed by atoms with van der Waals surface area (Å²) in [5, 5.41) is 7.36. The van der Waals surface area contributed by atoms with Crippen molar-refractivity contribution in [1.82, 2.24) is 15.3 Å². The van der Waals surface area contributed by atoms with E-state index in [4.69, 9.17) is 22.2 Å². The molecule has 0 bridgehead atoms. The highest BCUT2D eigenvalue weighted by Crippen LogP contribution is 2.39. The van der Waals surface area contributed by atoms with Crippen LogP contribution in [0.1, 0.15) is 57.4 Å². The van der Waals surface area contributed by atoms with Gasteiger partial charge in [0, 0.05) is 63.0 Å². The number of nitrogens with zero attached hydrogens (tertiary/aromatic N) is 5. The first-order chi connectivity index (χ1) is 21.0. The summed E-state index contributed by atoms with van der Waals surface area (Å²) in [5.41, 5.74) is 2.38. The third kappa shape index (κ3) is 7.20. The SMILES string of the molecule is CC1CCN(c2cc(N3CCN(c4ccccc4)CC3)nc(NC(=S)NCC3(c4ccc(F)cc4)CCCCC3)n2)CC1. The number of hydrogen-bond acceptors (Lipinski definition) is 6. The van der Waals surface area contributed by atoms with Crippen LogP contribution >= 0.6 is 12.2 Å². The van der Waals surface area contributed by atoms with E-state index >= 15 is 0 Å². The number of anilines is 4. The molecule has 6 rings (SSSR count). The van der Waals surface area contributed by atoms with Gasteiger partial charge in [0.05, 0.1) is 0 Å². The van der Waals surface area contributed by atoms with E-state index in [1.54, 1.807) is 12.1 Å². The molecule has 2 aliphatic heterocycles. The lowest BCUT2D eigenvalue weighted by Gasteiger charge is -2.38. The van der Waals surface area contributed by atoms with E-state index in [0.717, 1.165) is 69.7 Å². The summed E-state index contributed by atoms with van der Waals surface area (Å²) in [6, 6.07) is 19.8. The van der Waals surface area contributed by atoms with Gasteiger partial charge in [-0.2, -0.15) is 9.97 Å². The summed E-state index contributed by atoms with van der Waals surface area (Å²) >= 11 is 5.81. The monoisotopic (exact) mass is 601 g/mol. The van der Waals surface area contributed by atoms with Gasteiger partial charge in [0.25, 0.3) is 0 Å². The van der Waals surface area contributed by atoms with Crippen molar-refractivity contribution in [3.8, 4) is 0 Å². The number of nitrogens with one attached hydrogen (secondary N) is 2. The number of hydrogen-bond donors (Lipinski definition) is 2. The predicted octanol–water partition coefficient (Wildman–Crippen LogP) is 6.37. The van der Waals surface area contributed by atoms with E-state index < -0.39 is 0 Å². The van der Waals surface area contributed by atoms with Crippen molar-refractivity contribution >= 4 is 40.6 Å². The number of aromatic nitrogens is 2. The second kappa shape index (κ2) is 13.5. The van der Waals surface area contributed by atoms with Crippen LogP contribution in [0.3, 0.4) is 0 Å². The van der Waals surface area contributed by atoms with Gasteiger partial charge in [0.1, 0.15) is 17.5 Å². The van der Waals surface area contributed by atoms with E-state index in [-0.39, 0.29) is 11.2 Å². The number of benzene rings is 2. The molecular formula is C34H44FN7S. The first kappa shape index (κ1) is 29.6. The number of piperidine rings is 1. The number of rotatable bonds is 7. The second-order valence-corrected chi connectivity index (χ2v) is 13.0. The molecule has 2 saturated heterocycles. The van der Waals surface area contributed by atoms with Crippen molar-refractivity contribution in [1.29, 1.82) is 0 Å². The van der Waals surface area contributed by atoms with Crippen LogP contribution in [-0.2, 0) is 5.41 Å². The summed E-state index contributed by atoms with van der Waals surface area (Å²) in [4.78, 5) is 17.1. The summed E-state index contributed by atoms with van der Waals surface area (Å²) in [6.45, 7) is 8.70. The molecule has 2 aromatic carbocycles. The molecule has 0 unspecified atom stereocenters. The minimum absolute atomic E-state index is 0.0610. The standard InChI is InChI=1S/C34H44FN7S/c1-26-14-18-41(19-15-26)30-24-31(42-22-20-40(21-23-42)29-8-4-2-5-9-29)38-32(37-30)39-33(43)36-25-34(16-6-3-7-17-34)27-10-12-28(35)13-11-27/h2,4-5,8-13,24,26H,3,6-7,14-23,25H2,1H3,(H2,36,37,38,39,43). The molecule has 3 aromatic rings. The Labute approximate surface area is 260 Å². The summed E-state index contributed by atoms with van der Waals surface area (Å²) in [6.07, 6.45) is 8.04. The first-order valence-electron chi connectivity index (χ1n) is 16.0. The van der Waals surface area contributed by atoms with Crippen molar-refractivity contribution in [3.63, 3.8) is 0 Å². The van der Waals surface area contributed by atoms with Crippen LogP contribution in [0.5, 0.6) is 0 Å². The highest BCUT2D eigenvalue weighted by molar-refractivity contribution is 7.80. The van der Waals surface area contributed by atoms with Crippen LogP contribution in [0.2, 0.25) is 0 Å². The van der Waals surface area contributed by atoms with Crippen molar-refractivity contribution in [3.05, 3.63) is 72.0 Å². The molecule has 0 spiro atoms. The Kier molecular flexibility index (Phi) is 9.26. The maximum atomic E-state index is 13.7. The van der Waals surface area contributed by atoms with Gasteiger partial charge < -0.3 is 25.3 Å². The zero-order chi connectivity index (χ0) is 29.6. The van der Waals surface area contributed by atoms with Crippen molar-refractivity contribution in [2.75, 3.05) is 65.8 Å². The predicted molar refractivity (Wildman–Crippen MR) is 179 cm³/mol. The van der Waals surface area contributed by atoms with Crippen molar-refractivity contribution in [2.24, 2.45) is 5.92 Å². The number of para-hydroxylation sites is 1. The quantitative estimate of drug-likeness (QED) is 0.303. The zero-order valence-electron chi connectivity index (χ0n) is 25.3. The molecule has 2 N–H and O–H groups in total. The average Bonchev–Trinajstić information content (AvgIpc) is 3.05. The van der Waals surface area contributed by atoms with Gasteiger partial charge >= 0.3 is 0 Å². The zero-order valence-corrected chi connectivity index (χ0v) is 26.1. The molecule has 228 valence electrons. The summed E-state index contributed by atoms with van der Waals surface area (Å²) in [7, 11) is 0. The topological polar surface area (TPSA) is 59.6 Å². The lowest BCUT2D eigenvalue weighted by Crippen LogP contribution is -2.47. The highest BCUT2D eigenvalue weighted by atomic mass is 32.1. The minimum Gasteiger partial charge on any atom is -0.368 e. The molecule has 1 aromatic heterocycles. The van der Waals surface area contributed by atoms with Crippen LogP contribution in [0, 0.1) is 11.7 Å². The maximum Gasteiger partial charge on any atom is 0.232 e. The van der Waals surface area contributed by atoms with Crippen LogP contribution in [0.15, 0.2) is 60.7 Å². The van der Waals surface area contributed by atoms with Gasteiger partial charge in [0.2, 0.25) is 5.95 Å². The molecule has 3 fully saturated rings. The van der Waals surface area contributed by atoms with Crippen LogP contribution in [0.25, 0.3) is 0 Å². The summed E-state index contributed by atoms with van der Waals surface area (Å²) in [5.74, 6) is 2.98. The molecule has 3 aliphatic rings. The first-order valence-corrected chi connectivity index (χ1v) is 16.4. The van der Waals surface area contributed by atoms with Crippen molar-refractivity contribution in [2.45, 2.75) is 57.3 Å². The third-order valence-corrected chi connectivity index (χ3v) is 9.86. The molecule has 43 heavy (non-hydrogen) atoms. The molecule has 0 radical (unpaired) electrons. The molecule has 3 heterocycles. The molecule has 7 nitrogen and oxygen atoms in total. The van der Waals surface area contributed by atoms with Gasteiger partial charge in [0.15, 0.2) is 5.11 Å². The number of halogens is 1. The second-order valence-electron chi connectivity index (χ2n) is 12.5. The van der Waals surface area contributed by atoms with E-state index in [1.807, 2.05) is 12.1 Å². The Hall–Kier alpha value is -3.46. The Morgan fingerprint density at radius 1 is 0.837 bits per heavy atom. The molecular weight excluding hydrogens is 557 g/mol. The molecule has 1 aliphatic carbocycles. The normalized spacial score (nSPS) is 19.3. The smallest absolute Gasteiger partial charge is 0.232 e. The van der Waals surface area contributed by atoms with E-state index in [0.29, 0.717) is 17.6 Å². The van der Waals surface area contributed by atoms with Gasteiger partial charge in [-0.25, -0.2) is 4.39 Å². The fourth-order valence-corrected chi connectivity index (χ4v) is 7.03. The van der Waals surface area contributed by atoms with Gasteiger partial charge in [-0.15, -0.1) is 0 Å². The largest absolute Gasteiger partial charge is 0.368 e. The lowest BCUT2D eigenvalue weighted by molar-refractivity contribution is 0.292. The Bertz CT molecular complexity index is 1350. The Morgan fingerprint density at radius 2 is 1.44 bits per heavy atom. The Balaban J connectivity index is 1.17. The lowest BCUT2D eigenvalue weighted by atomic mass is 9.69. The van der Waals surface area contributed by atoms with Crippen molar-refractivity contribution < 1.29 is 4.39 Å². The van der Waals surface area contributed by atoms with Gasteiger partial charge in [-0.1, -0.05) is 56.5 Å². The Morgan fingerprint density at radius 3 is 2.09 bits per heavy atom. The van der Waals surface area contributed by atoms with Gasteiger partial charge in [-0.3, -0.25) is 0 Å². The average molecular weight is 602 g/mol. The fraction of sp³-hybridized carbons (Fsp3) is 0.500. The molecule has 9 heteroatoms. The molecule has 1 saturated carbocycles. The number of thiocarbonyl (C=S) groups is 1. The molecule has 0 atom stereocenters. The number of piperazine rings is 1. The van der Waals surface area contributed by atoms with E-state index in [9.17, 15) is 4.39 Å². The van der Waals surface area contributed by atoms with Gasteiger partial charge in [-0.05, 0) is 73.6 Å². The van der Waals surface area contributed by atoms with E-state index in [2.05, 4.69) is 68.7 Å². The highest BCUT2D eigenvalue weighted by Gasteiger charge is 2.34. The van der Waals surface area contributed by atoms with Crippen LogP contribution < -0.4 is 25.3 Å². The fourth-order valence-electron chi connectivity index (χ4n) is 6.87. The van der Waals surface area contributed by atoms with Crippen LogP contribution in [0.4, 0.5) is 27.7 Å². The van der Waals surface area contributed by atoms with Crippen LogP contribution in [-0.4, -0.2) is 60.9 Å². The summed E-state index contributed by atoms with van der Waals surface area (Å²) < 4.78 is 13.7. The third-order valence-electron chi connectivity index (χ3n) is 9.61. The molecule has 0 amide bonds.